The second kappa shape index (κ2) is 1.14. The van der Waals surface area contributed by atoms with Gasteiger partial charge in [-0.15, -0.1) is 0 Å². The standard InChI is InChI=1S/C3H3OP/c1-5(2,3)4/h1-3H. The van der Waals surface area contributed by atoms with Crippen molar-refractivity contribution in [2.75, 3.05) is 0 Å². The SMILES string of the molecule is [CH]P([CH])([CH])=O. The highest BCUT2D eigenvalue weighted by Crippen LogP contribution is 2.37. The summed E-state index contributed by atoms with van der Waals surface area (Å²) >= 11 is 0. The van der Waals surface area contributed by atoms with E-state index >= 15 is 0 Å². The number of hydrogen-bond donors (Lipinski definition) is 0. The van der Waals surface area contributed by atoms with Crippen LogP contribution in [0, 0.1) is 20.0 Å². The van der Waals surface area contributed by atoms with E-state index in [0.29, 0.717) is 0 Å². The van der Waals surface area contributed by atoms with Gasteiger partial charge in [0.05, 0.1) is 0 Å². The lowest BCUT2D eigenvalue weighted by atomic mass is 11.9. The normalized spacial score (nSPS) is 11.8. The minimum atomic E-state index is -3.14. The molecule has 1 nitrogen and oxygen atoms in total. The molecule has 0 heterocycles. The van der Waals surface area contributed by atoms with Crippen molar-refractivity contribution in [3.05, 3.63) is 20.0 Å². The second-order valence-electron chi connectivity index (χ2n) is 0.763. The van der Waals surface area contributed by atoms with Crippen molar-refractivity contribution in [1.29, 1.82) is 0 Å². The van der Waals surface area contributed by atoms with Crippen LogP contribution in [0.15, 0.2) is 0 Å². The Hall–Kier alpha value is 0.230. The zero-order chi connectivity index (χ0) is 4.50. The molecule has 0 bridgehead atoms. The van der Waals surface area contributed by atoms with Gasteiger partial charge >= 0.3 is 0 Å². The van der Waals surface area contributed by atoms with Gasteiger partial charge in [0.15, 0.2) is 0 Å². The first-order chi connectivity index (χ1) is 2.00. The summed E-state index contributed by atoms with van der Waals surface area (Å²) in [5.41, 5.74) is 0. The summed E-state index contributed by atoms with van der Waals surface area (Å²) in [5.74, 6) is 0. The Morgan fingerprint density at radius 2 is 1.20 bits per heavy atom. The molecule has 0 rings (SSSR count). The molecule has 0 aromatic carbocycles. The maximum atomic E-state index is 9.55. The molecule has 0 aliphatic carbocycles. The van der Waals surface area contributed by atoms with E-state index in [4.69, 9.17) is 0 Å². The maximum Gasteiger partial charge on any atom is 0.101 e. The fourth-order valence-corrected chi connectivity index (χ4v) is 0. The number of rotatable bonds is 0. The summed E-state index contributed by atoms with van der Waals surface area (Å²) in [4.78, 5) is 0. The molecule has 0 aliphatic heterocycles. The van der Waals surface area contributed by atoms with E-state index in [2.05, 4.69) is 20.0 Å². The van der Waals surface area contributed by atoms with Crippen molar-refractivity contribution < 1.29 is 4.57 Å². The van der Waals surface area contributed by atoms with Gasteiger partial charge in [0.2, 0.25) is 0 Å². The van der Waals surface area contributed by atoms with Gasteiger partial charge in [0.1, 0.15) is 7.14 Å². The Labute approximate surface area is 32.8 Å². The van der Waals surface area contributed by atoms with Crippen LogP contribution < -0.4 is 0 Å². The van der Waals surface area contributed by atoms with Crippen LogP contribution in [0.4, 0.5) is 0 Å². The van der Waals surface area contributed by atoms with Crippen LogP contribution >= 0.6 is 7.14 Å². The summed E-state index contributed by atoms with van der Waals surface area (Å²) in [7, 11) is -3.14. The highest BCUT2D eigenvalue weighted by molar-refractivity contribution is 7.67. The lowest BCUT2D eigenvalue weighted by Gasteiger charge is -1.83. The fourth-order valence-electron chi connectivity index (χ4n) is 0. The van der Waals surface area contributed by atoms with Crippen LogP contribution in [-0.2, 0) is 4.57 Å². The summed E-state index contributed by atoms with van der Waals surface area (Å²) in [5, 5.41) is 0. The Morgan fingerprint density at radius 3 is 1.20 bits per heavy atom. The quantitative estimate of drug-likeness (QED) is 0.407. The molecule has 0 spiro atoms. The van der Waals surface area contributed by atoms with Crippen molar-refractivity contribution in [3.8, 4) is 0 Å². The highest BCUT2D eigenvalue weighted by atomic mass is 31.2. The minimum Gasteiger partial charge on any atom is -0.323 e. The van der Waals surface area contributed by atoms with Crippen LogP contribution in [0.5, 0.6) is 0 Å². The molecule has 0 saturated heterocycles. The summed E-state index contributed by atoms with van der Waals surface area (Å²) in [6.45, 7) is 13.4. The first kappa shape index (κ1) is 5.23. The fraction of sp³-hybridized carbons (Fsp3) is 0. The van der Waals surface area contributed by atoms with E-state index in [-0.39, 0.29) is 0 Å². The number of hydrogen-bond acceptors (Lipinski definition) is 1. The van der Waals surface area contributed by atoms with Crippen LogP contribution in [0.25, 0.3) is 0 Å². The molecule has 0 aromatic rings. The molecule has 0 N–H and O–H groups in total. The van der Waals surface area contributed by atoms with Crippen molar-refractivity contribution in [2.24, 2.45) is 0 Å². The molecule has 2 heteroatoms. The third-order valence-corrected chi connectivity index (χ3v) is 0. The molecule has 0 amide bonds. The van der Waals surface area contributed by atoms with Crippen molar-refractivity contribution >= 4 is 7.14 Å². The smallest absolute Gasteiger partial charge is 0.101 e. The van der Waals surface area contributed by atoms with Crippen LogP contribution in [0.1, 0.15) is 0 Å². The van der Waals surface area contributed by atoms with Crippen LogP contribution in [-0.4, -0.2) is 0 Å². The summed E-state index contributed by atoms with van der Waals surface area (Å²) in [6.07, 6.45) is 0. The molecule has 0 saturated carbocycles. The zero-order valence-electron chi connectivity index (χ0n) is 2.59. The Kier molecular flexibility index (Phi) is 1.19. The largest absolute Gasteiger partial charge is 0.323 e. The van der Waals surface area contributed by atoms with Gasteiger partial charge in [-0.2, -0.15) is 0 Å². The van der Waals surface area contributed by atoms with Gasteiger partial charge in [-0.25, -0.2) is 0 Å². The topological polar surface area (TPSA) is 17.1 Å². The minimum absolute atomic E-state index is 3.14. The van der Waals surface area contributed by atoms with Crippen LogP contribution in [0.2, 0.25) is 0 Å². The predicted molar refractivity (Wildman–Crippen MR) is 20.5 cm³/mol. The summed E-state index contributed by atoms with van der Waals surface area (Å²) < 4.78 is 9.55. The molecule has 5 heavy (non-hydrogen) atoms. The van der Waals surface area contributed by atoms with Crippen LogP contribution in [0.3, 0.4) is 0 Å². The van der Waals surface area contributed by atoms with E-state index in [1.54, 1.807) is 0 Å². The Balaban J connectivity index is 3.47. The van der Waals surface area contributed by atoms with E-state index < -0.39 is 7.14 Å². The Bertz CT molecular complexity index is 53.0. The molecule has 6 radical (unpaired) electrons. The van der Waals surface area contributed by atoms with Crippen molar-refractivity contribution in [1.82, 2.24) is 0 Å². The van der Waals surface area contributed by atoms with Crippen molar-refractivity contribution in [2.45, 2.75) is 0 Å². The van der Waals surface area contributed by atoms with E-state index in [9.17, 15) is 4.57 Å². The lowest BCUT2D eigenvalue weighted by Crippen LogP contribution is -1.46. The van der Waals surface area contributed by atoms with Gasteiger partial charge < -0.3 is 4.57 Å². The Morgan fingerprint density at radius 1 is 1.20 bits per heavy atom. The molecular weight excluding hydrogens is 83.0 g/mol. The molecule has 0 atom stereocenters. The van der Waals surface area contributed by atoms with Gasteiger partial charge in [-0.3, -0.25) is 0 Å². The first-order valence-corrected chi connectivity index (χ1v) is 2.87. The third kappa shape index (κ3) is 398. The van der Waals surface area contributed by atoms with Crippen molar-refractivity contribution in [3.63, 3.8) is 0 Å². The highest BCUT2D eigenvalue weighted by Gasteiger charge is 1.92. The second-order valence-corrected chi connectivity index (χ2v) is 2.29. The molecule has 0 aromatic heterocycles. The van der Waals surface area contributed by atoms with Gasteiger partial charge in [0.25, 0.3) is 0 Å². The summed E-state index contributed by atoms with van der Waals surface area (Å²) in [6, 6.07) is 0. The monoisotopic (exact) mass is 86.0 g/mol. The van der Waals surface area contributed by atoms with Gasteiger partial charge in [-0.1, -0.05) is 0 Å². The molecule has 0 fully saturated rings. The van der Waals surface area contributed by atoms with E-state index in [0.717, 1.165) is 0 Å². The predicted octanol–water partition coefficient (Wildman–Crippen LogP) is 1.36. The van der Waals surface area contributed by atoms with E-state index in [1.165, 1.54) is 0 Å². The third-order valence-electron chi connectivity index (χ3n) is 0. The molecular formula is C3H3OP. The van der Waals surface area contributed by atoms with E-state index in [1.807, 2.05) is 0 Å². The lowest BCUT2D eigenvalue weighted by molar-refractivity contribution is 0.591. The first-order valence-electron chi connectivity index (χ1n) is 0.957. The van der Waals surface area contributed by atoms with Gasteiger partial charge in [-0.05, 0) is 0 Å². The van der Waals surface area contributed by atoms with Gasteiger partial charge in [0, 0.05) is 20.0 Å². The molecule has 0 aliphatic rings. The maximum absolute atomic E-state index is 9.55. The molecule has 26 valence electrons. The average molecular weight is 86.0 g/mol. The zero-order valence-corrected chi connectivity index (χ0v) is 3.48. The average Bonchev–Trinajstić information content (AvgIpc) is 0.722. The molecule has 0 unspecified atom stereocenters.